The lowest BCUT2D eigenvalue weighted by molar-refractivity contribution is 0.132. The number of aliphatic hydroxyl groups excluding tert-OH is 1. The van der Waals surface area contributed by atoms with Crippen molar-refractivity contribution in [2.45, 2.75) is 18.4 Å². The minimum atomic E-state index is -0.182. The van der Waals surface area contributed by atoms with Gasteiger partial charge in [0.05, 0.1) is 6.10 Å². The highest BCUT2D eigenvalue weighted by molar-refractivity contribution is 5.85. The molecule has 1 saturated heterocycles. The quantitative estimate of drug-likeness (QED) is 0.742. The van der Waals surface area contributed by atoms with Crippen LogP contribution in [0.1, 0.15) is 17.9 Å². The Bertz CT molecular complexity index is 265. The number of nitrogens with one attached hydrogen (secondary N) is 1. The fraction of sp³-hybridized carbons (Fsp3) is 0.455. The average molecular weight is 214 g/mol. The van der Waals surface area contributed by atoms with Gasteiger partial charge in [-0.15, -0.1) is 12.4 Å². The third-order valence-corrected chi connectivity index (χ3v) is 2.60. The van der Waals surface area contributed by atoms with E-state index in [0.29, 0.717) is 5.92 Å². The Hall–Kier alpha value is -0.570. The second-order valence-electron chi connectivity index (χ2n) is 3.66. The molecule has 2 nitrogen and oxygen atoms in total. The lowest BCUT2D eigenvalue weighted by atomic mass is 9.90. The molecule has 0 aromatic heterocycles. The molecule has 0 spiro atoms. The van der Waals surface area contributed by atoms with Crippen LogP contribution in [-0.4, -0.2) is 24.3 Å². The smallest absolute Gasteiger partial charge is 0.0670 e. The Morgan fingerprint density at radius 1 is 1.14 bits per heavy atom. The lowest BCUT2D eigenvalue weighted by Gasteiger charge is -2.27. The number of hydrogen-bond donors (Lipinski definition) is 2. The number of aliphatic hydroxyl groups is 1. The highest BCUT2D eigenvalue weighted by Gasteiger charge is 2.20. The summed E-state index contributed by atoms with van der Waals surface area (Å²) >= 11 is 0. The molecule has 3 heteroatoms. The molecule has 2 rings (SSSR count). The lowest BCUT2D eigenvalue weighted by Crippen LogP contribution is -2.38. The maximum atomic E-state index is 9.48. The Morgan fingerprint density at radius 3 is 2.50 bits per heavy atom. The number of β-amino-alcohol motifs (C(OH)–C–C–N with tert-alkyl or cyclic N) is 1. The summed E-state index contributed by atoms with van der Waals surface area (Å²) in [4.78, 5) is 0. The maximum Gasteiger partial charge on any atom is 0.0670 e. The van der Waals surface area contributed by atoms with Crippen molar-refractivity contribution in [1.82, 2.24) is 5.32 Å². The zero-order valence-corrected chi connectivity index (χ0v) is 8.83. The molecule has 1 aromatic carbocycles. The van der Waals surface area contributed by atoms with Crippen molar-refractivity contribution in [2.24, 2.45) is 0 Å². The molecule has 0 amide bonds. The normalized spacial score (nSPS) is 26.6. The molecule has 1 aliphatic rings. The van der Waals surface area contributed by atoms with Gasteiger partial charge < -0.3 is 10.4 Å². The third kappa shape index (κ3) is 2.71. The number of halogens is 1. The summed E-state index contributed by atoms with van der Waals surface area (Å²) in [5, 5.41) is 12.7. The van der Waals surface area contributed by atoms with E-state index < -0.39 is 0 Å². The van der Waals surface area contributed by atoms with Crippen molar-refractivity contribution in [3.05, 3.63) is 35.9 Å². The van der Waals surface area contributed by atoms with Crippen LogP contribution in [0.4, 0.5) is 0 Å². The van der Waals surface area contributed by atoms with Crippen LogP contribution in [0.3, 0.4) is 0 Å². The SMILES string of the molecule is Cl.OC1CNCC(c2ccccc2)C1. The van der Waals surface area contributed by atoms with Gasteiger partial charge in [0.25, 0.3) is 0 Å². The molecule has 14 heavy (non-hydrogen) atoms. The molecule has 0 aliphatic carbocycles. The molecule has 2 unspecified atom stereocenters. The van der Waals surface area contributed by atoms with Crippen LogP contribution in [0.5, 0.6) is 0 Å². The van der Waals surface area contributed by atoms with Crippen LogP contribution in [0, 0.1) is 0 Å². The molecule has 1 aromatic rings. The molecular formula is C11H16ClNO. The van der Waals surface area contributed by atoms with Crippen molar-refractivity contribution in [3.8, 4) is 0 Å². The fourth-order valence-corrected chi connectivity index (χ4v) is 1.90. The molecule has 2 N–H and O–H groups in total. The van der Waals surface area contributed by atoms with Crippen LogP contribution in [0.2, 0.25) is 0 Å². The van der Waals surface area contributed by atoms with E-state index in [1.807, 2.05) is 6.07 Å². The highest BCUT2D eigenvalue weighted by Crippen LogP contribution is 2.22. The molecule has 0 radical (unpaired) electrons. The topological polar surface area (TPSA) is 32.3 Å². The van der Waals surface area contributed by atoms with E-state index >= 15 is 0 Å². The zero-order chi connectivity index (χ0) is 9.10. The van der Waals surface area contributed by atoms with Crippen LogP contribution in [-0.2, 0) is 0 Å². The van der Waals surface area contributed by atoms with Crippen molar-refractivity contribution in [2.75, 3.05) is 13.1 Å². The maximum absolute atomic E-state index is 9.48. The molecule has 78 valence electrons. The van der Waals surface area contributed by atoms with Gasteiger partial charge in [0.2, 0.25) is 0 Å². The molecule has 1 heterocycles. The molecule has 1 aliphatic heterocycles. The zero-order valence-electron chi connectivity index (χ0n) is 8.02. The number of piperidine rings is 1. The first-order valence-corrected chi connectivity index (χ1v) is 4.80. The van der Waals surface area contributed by atoms with Gasteiger partial charge in [-0.25, -0.2) is 0 Å². The van der Waals surface area contributed by atoms with Crippen LogP contribution >= 0.6 is 12.4 Å². The number of rotatable bonds is 1. The van der Waals surface area contributed by atoms with E-state index in [9.17, 15) is 5.11 Å². The van der Waals surface area contributed by atoms with E-state index in [4.69, 9.17) is 0 Å². The molecular weight excluding hydrogens is 198 g/mol. The Kier molecular flexibility index (Phi) is 4.39. The first kappa shape index (κ1) is 11.5. The van der Waals surface area contributed by atoms with Gasteiger partial charge in [0.15, 0.2) is 0 Å². The van der Waals surface area contributed by atoms with Crippen molar-refractivity contribution >= 4 is 12.4 Å². The number of hydrogen-bond acceptors (Lipinski definition) is 2. The van der Waals surface area contributed by atoms with E-state index in [0.717, 1.165) is 19.5 Å². The van der Waals surface area contributed by atoms with Crippen LogP contribution in [0.15, 0.2) is 30.3 Å². The first-order chi connectivity index (χ1) is 6.36. The van der Waals surface area contributed by atoms with E-state index in [2.05, 4.69) is 29.6 Å². The minimum absolute atomic E-state index is 0. The first-order valence-electron chi connectivity index (χ1n) is 4.80. The van der Waals surface area contributed by atoms with Crippen molar-refractivity contribution in [1.29, 1.82) is 0 Å². The minimum Gasteiger partial charge on any atom is -0.392 e. The summed E-state index contributed by atoms with van der Waals surface area (Å²) in [5.41, 5.74) is 1.33. The number of benzene rings is 1. The average Bonchev–Trinajstić information content (AvgIpc) is 2.19. The summed E-state index contributed by atoms with van der Waals surface area (Å²) in [7, 11) is 0. The van der Waals surface area contributed by atoms with Crippen LogP contribution in [0.25, 0.3) is 0 Å². The predicted octanol–water partition coefficient (Wildman–Crippen LogP) is 1.55. The Morgan fingerprint density at radius 2 is 1.86 bits per heavy atom. The van der Waals surface area contributed by atoms with Crippen molar-refractivity contribution in [3.63, 3.8) is 0 Å². The highest BCUT2D eigenvalue weighted by atomic mass is 35.5. The molecule has 1 fully saturated rings. The van der Waals surface area contributed by atoms with Gasteiger partial charge >= 0.3 is 0 Å². The summed E-state index contributed by atoms with van der Waals surface area (Å²) < 4.78 is 0. The summed E-state index contributed by atoms with van der Waals surface area (Å²) in [6.07, 6.45) is 0.704. The second kappa shape index (κ2) is 5.35. The van der Waals surface area contributed by atoms with Gasteiger partial charge in [0, 0.05) is 13.1 Å². The van der Waals surface area contributed by atoms with Crippen molar-refractivity contribution < 1.29 is 5.11 Å². The summed E-state index contributed by atoms with van der Waals surface area (Å²) in [6.45, 7) is 1.73. The monoisotopic (exact) mass is 213 g/mol. The molecule has 2 atom stereocenters. The molecule has 0 saturated carbocycles. The summed E-state index contributed by atoms with van der Waals surface area (Å²) in [6, 6.07) is 10.4. The largest absolute Gasteiger partial charge is 0.392 e. The summed E-state index contributed by atoms with van der Waals surface area (Å²) in [5.74, 6) is 0.477. The third-order valence-electron chi connectivity index (χ3n) is 2.60. The van der Waals surface area contributed by atoms with Gasteiger partial charge in [0.1, 0.15) is 0 Å². The standard InChI is InChI=1S/C11H15NO.ClH/c13-11-6-10(7-12-8-11)9-4-2-1-3-5-9;/h1-5,10-13H,6-8H2;1H. The van der Waals surface area contributed by atoms with Gasteiger partial charge in [-0.3, -0.25) is 0 Å². The van der Waals surface area contributed by atoms with Gasteiger partial charge in [-0.2, -0.15) is 0 Å². The Labute approximate surface area is 90.7 Å². The van der Waals surface area contributed by atoms with Gasteiger partial charge in [-0.05, 0) is 17.9 Å². The molecule has 0 bridgehead atoms. The Balaban J connectivity index is 0.000000980. The van der Waals surface area contributed by atoms with E-state index in [1.165, 1.54) is 5.56 Å². The van der Waals surface area contributed by atoms with Crippen LogP contribution < -0.4 is 5.32 Å². The predicted molar refractivity (Wildman–Crippen MR) is 59.9 cm³/mol. The second-order valence-corrected chi connectivity index (χ2v) is 3.66. The van der Waals surface area contributed by atoms with E-state index in [-0.39, 0.29) is 18.5 Å². The fourth-order valence-electron chi connectivity index (χ4n) is 1.90. The van der Waals surface area contributed by atoms with Gasteiger partial charge in [-0.1, -0.05) is 30.3 Å². The van der Waals surface area contributed by atoms with E-state index in [1.54, 1.807) is 0 Å².